The molecule has 1 saturated heterocycles. The minimum atomic E-state index is 0.359. The number of rotatable bonds is 4. The van der Waals surface area contributed by atoms with Crippen LogP contribution in [0.4, 0.5) is 11.5 Å². The second kappa shape index (κ2) is 7.40. The first-order valence-corrected chi connectivity index (χ1v) is 7.46. The Labute approximate surface area is 125 Å². The molecule has 2 rings (SSSR count). The molecule has 0 spiro atoms. The van der Waals surface area contributed by atoms with Gasteiger partial charge in [-0.1, -0.05) is 6.92 Å². The highest BCUT2D eigenvalue weighted by Crippen LogP contribution is 2.18. The number of hydrogen-bond donors (Lipinski definition) is 2. The number of nitrogens with one attached hydrogen (secondary N) is 2. The molecule has 1 atom stereocenters. The van der Waals surface area contributed by atoms with Crippen molar-refractivity contribution in [1.82, 2.24) is 10.3 Å². The van der Waals surface area contributed by atoms with E-state index in [0.717, 1.165) is 44.2 Å². The van der Waals surface area contributed by atoms with Gasteiger partial charge in [-0.05, 0) is 31.6 Å². The number of morpholine rings is 1. The van der Waals surface area contributed by atoms with Crippen LogP contribution in [0.15, 0.2) is 18.3 Å². The standard InChI is InChI=1S/C14H22N4OS/c1-3-11(2)16-14(20)17-13-10-12(4-5-15-13)18-6-8-19-9-7-18/h4-5,10-11H,3,6-9H2,1-2H3,(H2,15,16,17,20). The SMILES string of the molecule is CCC(C)NC(=S)Nc1cc(N2CCOCC2)ccn1. The van der Waals surface area contributed by atoms with Gasteiger partial charge in [0.25, 0.3) is 0 Å². The monoisotopic (exact) mass is 294 g/mol. The Morgan fingerprint density at radius 1 is 1.50 bits per heavy atom. The molecule has 0 amide bonds. The van der Waals surface area contributed by atoms with E-state index in [4.69, 9.17) is 17.0 Å². The van der Waals surface area contributed by atoms with Gasteiger partial charge >= 0.3 is 0 Å². The molecule has 6 heteroatoms. The fourth-order valence-electron chi connectivity index (χ4n) is 1.98. The predicted molar refractivity (Wildman–Crippen MR) is 86.4 cm³/mol. The van der Waals surface area contributed by atoms with Gasteiger partial charge in [-0.15, -0.1) is 0 Å². The summed E-state index contributed by atoms with van der Waals surface area (Å²) in [7, 11) is 0. The molecule has 1 aliphatic heterocycles. The number of thiocarbonyl (C=S) groups is 1. The molecular weight excluding hydrogens is 272 g/mol. The summed E-state index contributed by atoms with van der Waals surface area (Å²) in [5, 5.41) is 6.98. The summed E-state index contributed by atoms with van der Waals surface area (Å²) in [6.07, 6.45) is 2.84. The molecule has 0 aliphatic carbocycles. The van der Waals surface area contributed by atoms with Crippen LogP contribution in [0.2, 0.25) is 0 Å². The summed E-state index contributed by atoms with van der Waals surface area (Å²) < 4.78 is 5.37. The van der Waals surface area contributed by atoms with Gasteiger partial charge in [0.15, 0.2) is 5.11 Å². The van der Waals surface area contributed by atoms with Crippen LogP contribution < -0.4 is 15.5 Å². The van der Waals surface area contributed by atoms with Gasteiger partial charge in [0.1, 0.15) is 5.82 Å². The molecule has 0 bridgehead atoms. The lowest BCUT2D eigenvalue weighted by Crippen LogP contribution is -2.37. The van der Waals surface area contributed by atoms with Gasteiger partial charge in [0, 0.05) is 37.1 Å². The summed E-state index contributed by atoms with van der Waals surface area (Å²) in [5.41, 5.74) is 1.15. The van der Waals surface area contributed by atoms with E-state index in [2.05, 4.69) is 34.4 Å². The van der Waals surface area contributed by atoms with Gasteiger partial charge in [0.05, 0.1) is 13.2 Å². The number of hydrogen-bond acceptors (Lipinski definition) is 4. The molecular formula is C14H22N4OS. The van der Waals surface area contributed by atoms with Crippen molar-refractivity contribution < 1.29 is 4.74 Å². The fourth-order valence-corrected chi connectivity index (χ4v) is 2.29. The van der Waals surface area contributed by atoms with Crippen molar-refractivity contribution in [3.8, 4) is 0 Å². The zero-order valence-corrected chi connectivity index (χ0v) is 12.9. The molecule has 5 nitrogen and oxygen atoms in total. The largest absolute Gasteiger partial charge is 0.378 e. The lowest BCUT2D eigenvalue weighted by atomic mass is 10.3. The van der Waals surface area contributed by atoms with Crippen LogP contribution in [0, 0.1) is 0 Å². The van der Waals surface area contributed by atoms with Gasteiger partial charge < -0.3 is 20.3 Å². The van der Waals surface area contributed by atoms with E-state index < -0.39 is 0 Å². The number of pyridine rings is 1. The number of aromatic nitrogens is 1. The molecule has 2 heterocycles. The Balaban J connectivity index is 1.96. The fraction of sp³-hybridized carbons (Fsp3) is 0.571. The first-order chi connectivity index (χ1) is 9.69. The minimum absolute atomic E-state index is 0.359. The van der Waals surface area contributed by atoms with Crippen molar-refractivity contribution in [2.24, 2.45) is 0 Å². The number of nitrogens with zero attached hydrogens (tertiary/aromatic N) is 2. The third-order valence-electron chi connectivity index (χ3n) is 3.35. The summed E-state index contributed by atoms with van der Waals surface area (Å²) >= 11 is 5.28. The first-order valence-electron chi connectivity index (χ1n) is 7.05. The quantitative estimate of drug-likeness (QED) is 0.829. The normalized spacial score (nSPS) is 16.6. The molecule has 1 aromatic heterocycles. The molecule has 0 aromatic carbocycles. The van der Waals surface area contributed by atoms with E-state index in [-0.39, 0.29) is 0 Å². The second-order valence-electron chi connectivity index (χ2n) is 4.91. The van der Waals surface area contributed by atoms with Crippen molar-refractivity contribution in [1.29, 1.82) is 0 Å². The maximum atomic E-state index is 5.37. The van der Waals surface area contributed by atoms with E-state index in [9.17, 15) is 0 Å². The maximum absolute atomic E-state index is 5.37. The van der Waals surface area contributed by atoms with E-state index in [0.29, 0.717) is 11.2 Å². The molecule has 1 aromatic rings. The summed E-state index contributed by atoms with van der Waals surface area (Å²) in [4.78, 5) is 6.60. The number of anilines is 2. The van der Waals surface area contributed by atoms with E-state index in [1.807, 2.05) is 12.1 Å². The Morgan fingerprint density at radius 2 is 2.25 bits per heavy atom. The summed E-state index contributed by atoms with van der Waals surface area (Å²) in [6.45, 7) is 7.61. The molecule has 0 saturated carbocycles. The highest BCUT2D eigenvalue weighted by Gasteiger charge is 2.12. The summed E-state index contributed by atoms with van der Waals surface area (Å²) in [6, 6.07) is 4.40. The molecule has 0 radical (unpaired) electrons. The zero-order valence-electron chi connectivity index (χ0n) is 12.1. The Hall–Kier alpha value is -1.40. The molecule has 2 N–H and O–H groups in total. The average Bonchev–Trinajstić information content (AvgIpc) is 2.48. The van der Waals surface area contributed by atoms with Crippen LogP contribution >= 0.6 is 12.2 Å². The maximum Gasteiger partial charge on any atom is 0.172 e. The van der Waals surface area contributed by atoms with Crippen LogP contribution in [0.5, 0.6) is 0 Å². The highest BCUT2D eigenvalue weighted by atomic mass is 32.1. The van der Waals surface area contributed by atoms with Gasteiger partial charge in [-0.3, -0.25) is 0 Å². The van der Waals surface area contributed by atoms with Crippen molar-refractivity contribution in [2.75, 3.05) is 36.5 Å². The Bertz CT molecular complexity index is 449. The number of ether oxygens (including phenoxy) is 1. The third-order valence-corrected chi connectivity index (χ3v) is 3.57. The minimum Gasteiger partial charge on any atom is -0.378 e. The van der Waals surface area contributed by atoms with Crippen molar-refractivity contribution in [3.63, 3.8) is 0 Å². The zero-order chi connectivity index (χ0) is 14.4. The van der Waals surface area contributed by atoms with Crippen molar-refractivity contribution >= 4 is 28.8 Å². The molecule has 1 aliphatic rings. The van der Waals surface area contributed by atoms with Crippen molar-refractivity contribution in [2.45, 2.75) is 26.3 Å². The van der Waals surface area contributed by atoms with Gasteiger partial charge in [-0.25, -0.2) is 4.98 Å². The van der Waals surface area contributed by atoms with Crippen molar-refractivity contribution in [3.05, 3.63) is 18.3 Å². The lowest BCUT2D eigenvalue weighted by molar-refractivity contribution is 0.122. The Kier molecular flexibility index (Phi) is 5.55. The smallest absolute Gasteiger partial charge is 0.172 e. The van der Waals surface area contributed by atoms with Gasteiger partial charge in [-0.2, -0.15) is 0 Å². The highest BCUT2D eigenvalue weighted by molar-refractivity contribution is 7.80. The molecule has 20 heavy (non-hydrogen) atoms. The third kappa shape index (κ3) is 4.31. The molecule has 1 fully saturated rings. The first kappa shape index (κ1) is 15.0. The molecule has 110 valence electrons. The van der Waals surface area contributed by atoms with E-state index in [1.165, 1.54) is 0 Å². The van der Waals surface area contributed by atoms with Crippen LogP contribution in [-0.4, -0.2) is 42.4 Å². The van der Waals surface area contributed by atoms with E-state index in [1.54, 1.807) is 6.20 Å². The predicted octanol–water partition coefficient (Wildman–Crippen LogP) is 2.00. The van der Waals surface area contributed by atoms with Crippen LogP contribution in [0.3, 0.4) is 0 Å². The lowest BCUT2D eigenvalue weighted by Gasteiger charge is -2.29. The average molecular weight is 294 g/mol. The van der Waals surface area contributed by atoms with Crippen LogP contribution in [0.25, 0.3) is 0 Å². The summed E-state index contributed by atoms with van der Waals surface area (Å²) in [5.74, 6) is 0.773. The van der Waals surface area contributed by atoms with Crippen LogP contribution in [0.1, 0.15) is 20.3 Å². The van der Waals surface area contributed by atoms with Gasteiger partial charge in [0.2, 0.25) is 0 Å². The van der Waals surface area contributed by atoms with E-state index >= 15 is 0 Å². The topological polar surface area (TPSA) is 49.4 Å². The second-order valence-corrected chi connectivity index (χ2v) is 5.31. The Morgan fingerprint density at radius 3 is 2.95 bits per heavy atom. The van der Waals surface area contributed by atoms with Crippen LogP contribution in [-0.2, 0) is 4.74 Å². The molecule has 1 unspecified atom stereocenters.